The molecule has 3 rings (SSSR count). The minimum atomic E-state index is -0.385. The van der Waals surface area contributed by atoms with E-state index in [-0.39, 0.29) is 17.0 Å². The van der Waals surface area contributed by atoms with Crippen LogP contribution in [-0.2, 0) is 6.54 Å². The molecule has 134 valence electrons. The fraction of sp³-hybridized carbons (Fsp3) is 0.238. The van der Waals surface area contributed by atoms with Crippen LogP contribution in [0.5, 0.6) is 5.75 Å². The molecule has 0 fully saturated rings. The van der Waals surface area contributed by atoms with Crippen molar-refractivity contribution >= 4 is 16.7 Å². The Morgan fingerprint density at radius 2 is 1.92 bits per heavy atom. The Hall–Kier alpha value is -3.08. The van der Waals surface area contributed by atoms with E-state index in [1.54, 1.807) is 18.0 Å². The molecule has 5 heteroatoms. The topological polar surface area (TPSA) is 62.4 Å². The normalized spacial score (nSPS) is 10.7. The lowest BCUT2D eigenvalue weighted by Crippen LogP contribution is -2.31. The van der Waals surface area contributed by atoms with Crippen LogP contribution in [0.4, 0.5) is 0 Å². The van der Waals surface area contributed by atoms with Gasteiger partial charge in [-0.2, -0.15) is 0 Å². The number of amides is 1. The van der Waals surface area contributed by atoms with Crippen molar-refractivity contribution in [2.45, 2.75) is 19.9 Å². The Morgan fingerprint density at radius 3 is 2.69 bits per heavy atom. The van der Waals surface area contributed by atoms with Crippen LogP contribution in [-0.4, -0.2) is 29.4 Å². The molecule has 0 atom stereocenters. The van der Waals surface area contributed by atoms with Crippen molar-refractivity contribution in [2.75, 3.05) is 13.7 Å². The number of H-pyrrole nitrogens is 1. The van der Waals surface area contributed by atoms with E-state index < -0.39 is 0 Å². The summed E-state index contributed by atoms with van der Waals surface area (Å²) >= 11 is 0. The van der Waals surface area contributed by atoms with Gasteiger partial charge in [-0.15, -0.1) is 0 Å². The molecule has 0 spiro atoms. The Bertz CT molecular complexity index is 978. The molecule has 2 aromatic carbocycles. The van der Waals surface area contributed by atoms with E-state index in [2.05, 4.69) is 11.9 Å². The zero-order valence-corrected chi connectivity index (χ0v) is 15.0. The molecule has 1 aromatic heterocycles. The van der Waals surface area contributed by atoms with Crippen molar-refractivity contribution in [3.05, 3.63) is 76.2 Å². The summed E-state index contributed by atoms with van der Waals surface area (Å²) in [6.45, 7) is 3.02. The highest BCUT2D eigenvalue weighted by molar-refractivity contribution is 5.94. The average Bonchev–Trinajstić information content (AvgIpc) is 2.67. The third kappa shape index (κ3) is 3.61. The van der Waals surface area contributed by atoms with E-state index >= 15 is 0 Å². The summed E-state index contributed by atoms with van der Waals surface area (Å²) in [5, 5.41) is 2.13. The number of fused-ring (bicyclic) bond motifs is 1. The minimum absolute atomic E-state index is 0.131. The van der Waals surface area contributed by atoms with E-state index in [1.807, 2.05) is 36.4 Å². The largest absolute Gasteiger partial charge is 0.493 e. The van der Waals surface area contributed by atoms with Crippen LogP contribution in [0, 0.1) is 0 Å². The number of carbonyl (C=O) groups excluding carboxylic acids is 1. The molecule has 1 heterocycles. The van der Waals surface area contributed by atoms with Crippen molar-refractivity contribution < 1.29 is 9.53 Å². The molecule has 3 aromatic rings. The van der Waals surface area contributed by atoms with E-state index in [9.17, 15) is 9.59 Å². The van der Waals surface area contributed by atoms with Gasteiger partial charge in [0.15, 0.2) is 0 Å². The molecular weight excluding hydrogens is 328 g/mol. The molecule has 0 unspecified atom stereocenters. The highest BCUT2D eigenvalue weighted by Gasteiger charge is 2.18. The van der Waals surface area contributed by atoms with Crippen molar-refractivity contribution in [3.8, 4) is 5.75 Å². The molecule has 0 aliphatic carbocycles. The first kappa shape index (κ1) is 17.7. The van der Waals surface area contributed by atoms with Crippen LogP contribution in [0.2, 0.25) is 0 Å². The number of hydrogen-bond donors (Lipinski definition) is 1. The number of carbonyl (C=O) groups is 1. The lowest BCUT2D eigenvalue weighted by atomic mass is 10.0. The van der Waals surface area contributed by atoms with Gasteiger partial charge in [0, 0.05) is 25.4 Å². The summed E-state index contributed by atoms with van der Waals surface area (Å²) in [7, 11) is 1.69. The first-order valence-electron chi connectivity index (χ1n) is 8.68. The summed E-state index contributed by atoms with van der Waals surface area (Å²) < 4.78 is 5.90. The van der Waals surface area contributed by atoms with Crippen molar-refractivity contribution in [2.24, 2.45) is 0 Å². The van der Waals surface area contributed by atoms with Gasteiger partial charge in [-0.3, -0.25) is 9.59 Å². The molecule has 0 aliphatic heterocycles. The summed E-state index contributed by atoms with van der Waals surface area (Å²) in [4.78, 5) is 28.7. The van der Waals surface area contributed by atoms with Crippen molar-refractivity contribution in [3.63, 3.8) is 0 Å². The van der Waals surface area contributed by atoms with Crippen LogP contribution in [0.15, 0.2) is 59.5 Å². The zero-order valence-electron chi connectivity index (χ0n) is 15.0. The molecule has 1 N–H and O–H groups in total. The predicted molar refractivity (Wildman–Crippen MR) is 103 cm³/mol. The molecule has 1 amide bonds. The Morgan fingerprint density at radius 1 is 1.12 bits per heavy atom. The molecule has 5 nitrogen and oxygen atoms in total. The van der Waals surface area contributed by atoms with Gasteiger partial charge in [0.25, 0.3) is 11.5 Å². The summed E-state index contributed by atoms with van der Waals surface area (Å²) in [5.41, 5.74) is 0.691. The first-order valence-corrected chi connectivity index (χ1v) is 8.68. The summed E-state index contributed by atoms with van der Waals surface area (Å²) in [6, 6.07) is 15.2. The monoisotopic (exact) mass is 350 g/mol. The number of rotatable bonds is 6. The standard InChI is InChI=1S/C21H22N2O3/c1-3-13-26-19-11-10-15-7-4-5-8-16(15)18(19)14-23(2)21(25)17-9-6-12-22-20(17)24/h4-12H,3,13-14H2,1-2H3,(H,22,24). The van der Waals surface area contributed by atoms with Gasteiger partial charge in [-0.05, 0) is 35.4 Å². The van der Waals surface area contributed by atoms with Crippen molar-refractivity contribution in [1.82, 2.24) is 9.88 Å². The van der Waals surface area contributed by atoms with Gasteiger partial charge in [0.1, 0.15) is 11.3 Å². The highest BCUT2D eigenvalue weighted by atomic mass is 16.5. The third-order valence-corrected chi connectivity index (χ3v) is 4.25. The van der Waals surface area contributed by atoms with E-state index in [0.717, 1.165) is 28.5 Å². The van der Waals surface area contributed by atoms with Crippen molar-refractivity contribution in [1.29, 1.82) is 0 Å². The summed E-state index contributed by atoms with van der Waals surface area (Å²) in [6.07, 6.45) is 2.42. The zero-order chi connectivity index (χ0) is 18.5. The second-order valence-corrected chi connectivity index (χ2v) is 6.19. The number of nitrogens with one attached hydrogen (secondary N) is 1. The lowest BCUT2D eigenvalue weighted by molar-refractivity contribution is 0.0782. The van der Waals surface area contributed by atoms with Gasteiger partial charge in [-0.1, -0.05) is 37.3 Å². The lowest BCUT2D eigenvalue weighted by Gasteiger charge is -2.21. The van der Waals surface area contributed by atoms with Crippen LogP contribution < -0.4 is 10.3 Å². The molecule has 0 aliphatic rings. The minimum Gasteiger partial charge on any atom is -0.493 e. The van der Waals surface area contributed by atoms with Gasteiger partial charge in [0.05, 0.1) is 6.61 Å². The number of aromatic nitrogens is 1. The maximum Gasteiger partial charge on any atom is 0.260 e. The van der Waals surface area contributed by atoms with Gasteiger partial charge in [-0.25, -0.2) is 0 Å². The highest BCUT2D eigenvalue weighted by Crippen LogP contribution is 2.29. The Kier molecular flexibility index (Phi) is 5.37. The van der Waals surface area contributed by atoms with Crippen LogP contribution in [0.25, 0.3) is 10.8 Å². The van der Waals surface area contributed by atoms with E-state index in [1.165, 1.54) is 12.3 Å². The van der Waals surface area contributed by atoms with Gasteiger partial charge in [0.2, 0.25) is 0 Å². The molecule has 0 radical (unpaired) electrons. The second-order valence-electron chi connectivity index (χ2n) is 6.19. The molecule has 0 saturated carbocycles. The number of benzene rings is 2. The maximum atomic E-state index is 12.7. The fourth-order valence-electron chi connectivity index (χ4n) is 2.93. The van der Waals surface area contributed by atoms with E-state index in [0.29, 0.717) is 13.2 Å². The van der Waals surface area contributed by atoms with Crippen LogP contribution in [0.3, 0.4) is 0 Å². The molecule has 26 heavy (non-hydrogen) atoms. The quantitative estimate of drug-likeness (QED) is 0.739. The number of nitrogens with zero attached hydrogens (tertiary/aromatic N) is 1. The Balaban J connectivity index is 1.97. The third-order valence-electron chi connectivity index (χ3n) is 4.25. The molecule has 0 saturated heterocycles. The Labute approximate surface area is 152 Å². The predicted octanol–water partition coefficient (Wildman–Crippen LogP) is 3.59. The van der Waals surface area contributed by atoms with E-state index in [4.69, 9.17) is 4.74 Å². The first-order chi connectivity index (χ1) is 12.6. The molecule has 0 bridgehead atoms. The number of ether oxygens (including phenoxy) is 1. The smallest absolute Gasteiger partial charge is 0.260 e. The summed E-state index contributed by atoms with van der Waals surface area (Å²) in [5.74, 6) is 0.452. The fourth-order valence-corrected chi connectivity index (χ4v) is 2.93. The number of pyridine rings is 1. The van der Waals surface area contributed by atoms with Gasteiger partial charge < -0.3 is 14.6 Å². The second kappa shape index (κ2) is 7.87. The maximum absolute atomic E-state index is 12.7. The molecular formula is C21H22N2O3. The number of hydrogen-bond acceptors (Lipinski definition) is 3. The SMILES string of the molecule is CCCOc1ccc2ccccc2c1CN(C)C(=O)c1ccc[nH]c1=O. The average molecular weight is 350 g/mol. The number of aromatic amines is 1. The van der Waals surface area contributed by atoms with Crippen LogP contribution in [0.1, 0.15) is 29.3 Å². The van der Waals surface area contributed by atoms with Gasteiger partial charge >= 0.3 is 0 Å². The van der Waals surface area contributed by atoms with Crippen LogP contribution >= 0.6 is 0 Å².